The molecule has 0 N–H and O–H groups in total. The standard InChI is InChI=1S/C20H12Se.2C18H15P.Pt/c21-20-16-10-4-1-7-13(16)19(14-8-2-5-11-17(14)20)15-9-3-6-12-18(15)20;2*1-4-10-16(11-5-1)19(17-12-6-2-7-13-17)18-14-8-3-9-15-18;/h1-11,19H;2*1-15H;/q-1;;;. The molecule has 9 aromatic rings. The van der Waals surface area contributed by atoms with Crippen molar-refractivity contribution < 1.29 is 21.1 Å². The Labute approximate surface area is 380 Å². The Kier molecular flexibility index (Phi) is 13.7. The van der Waals surface area contributed by atoms with E-state index in [4.69, 9.17) is 0 Å². The van der Waals surface area contributed by atoms with E-state index in [2.05, 4.69) is 265 Å². The molecule has 3 aliphatic rings. The van der Waals surface area contributed by atoms with Crippen molar-refractivity contribution in [1.29, 1.82) is 0 Å². The summed E-state index contributed by atoms with van der Waals surface area (Å²) in [5.74, 6) is 0.347. The van der Waals surface area contributed by atoms with Crippen LogP contribution < -0.4 is 31.8 Å². The van der Waals surface area contributed by atoms with Gasteiger partial charge in [-0.25, -0.2) is 0 Å². The molecule has 4 heteroatoms. The summed E-state index contributed by atoms with van der Waals surface area (Å²) >= 11 is 3.52. The van der Waals surface area contributed by atoms with Crippen molar-refractivity contribution in [1.82, 2.24) is 0 Å². The monoisotopic (exact) mass is 1050 g/mol. The largest absolute Gasteiger partial charge is 0.0622 e. The van der Waals surface area contributed by atoms with Gasteiger partial charge in [0.05, 0.1) is 0 Å². The summed E-state index contributed by atoms with van der Waals surface area (Å²) in [6, 6.07) is 92.2. The van der Waals surface area contributed by atoms with Crippen LogP contribution in [0.5, 0.6) is 0 Å². The van der Waals surface area contributed by atoms with Crippen LogP contribution in [0.3, 0.4) is 0 Å². The SMILES string of the molecule is [Pt].[Se]C12c3[c-]cccc3C(c3ccccc31)c1ccccc12.c1ccc(P(c2ccccc2)c2ccccc2)cc1.c1ccc(P(c2ccccc2)c2ccccc2)cc1. The van der Waals surface area contributed by atoms with Crippen LogP contribution in [0.2, 0.25) is 0 Å². The minimum atomic E-state index is -0.446. The Hall–Kier alpha value is -4.95. The number of benzene rings is 9. The van der Waals surface area contributed by atoms with Crippen molar-refractivity contribution in [2.45, 2.75) is 10.2 Å². The zero-order chi connectivity index (χ0) is 39.9. The van der Waals surface area contributed by atoms with Crippen LogP contribution in [0.15, 0.2) is 249 Å². The molecule has 0 aliphatic heterocycles. The first-order valence-corrected chi connectivity index (χ1v) is 23.6. The van der Waals surface area contributed by atoms with Gasteiger partial charge in [-0.3, -0.25) is 0 Å². The summed E-state index contributed by atoms with van der Waals surface area (Å²) in [5, 5.41) is 8.39. The van der Waals surface area contributed by atoms with Crippen molar-refractivity contribution in [3.05, 3.63) is 288 Å². The molecule has 1 radical (unpaired) electrons. The van der Waals surface area contributed by atoms with Crippen molar-refractivity contribution in [2.75, 3.05) is 0 Å². The van der Waals surface area contributed by atoms with Gasteiger partial charge in [0.1, 0.15) is 0 Å². The summed E-state index contributed by atoms with van der Waals surface area (Å²) in [4.78, 5) is 0. The van der Waals surface area contributed by atoms with E-state index in [0.29, 0.717) is 5.92 Å². The summed E-state index contributed by atoms with van der Waals surface area (Å²) < 4.78 is -0.196. The summed E-state index contributed by atoms with van der Waals surface area (Å²) in [6.45, 7) is 0. The van der Waals surface area contributed by atoms with Crippen LogP contribution in [0.25, 0.3) is 0 Å². The van der Waals surface area contributed by atoms with Crippen molar-refractivity contribution >= 4 is 63.7 Å². The predicted octanol–water partition coefficient (Wildman–Crippen LogP) is 10.6. The molecule has 0 fully saturated rings. The Balaban J connectivity index is 0.000000124. The summed E-state index contributed by atoms with van der Waals surface area (Å²) in [7, 11) is -0.892. The van der Waals surface area contributed by atoms with Crippen LogP contribution in [0.4, 0.5) is 0 Å². The number of hydrogen-bond acceptors (Lipinski definition) is 0. The van der Waals surface area contributed by atoms with Crippen molar-refractivity contribution in [3.8, 4) is 0 Å². The van der Waals surface area contributed by atoms with E-state index in [-0.39, 0.29) is 25.4 Å². The zero-order valence-corrected chi connectivity index (χ0v) is 38.6. The minimum absolute atomic E-state index is 0. The van der Waals surface area contributed by atoms with E-state index in [9.17, 15) is 0 Å². The van der Waals surface area contributed by atoms with Gasteiger partial charge in [-0.2, -0.15) is 0 Å². The Morgan fingerprint density at radius 1 is 0.333 bits per heavy atom. The fraction of sp³-hybridized carbons (Fsp3) is 0.0357. The van der Waals surface area contributed by atoms with E-state index in [1.807, 2.05) is 6.07 Å². The maximum absolute atomic E-state index is 3.52. The van der Waals surface area contributed by atoms with Gasteiger partial charge in [0.15, 0.2) is 0 Å². The van der Waals surface area contributed by atoms with Gasteiger partial charge in [-0.15, -0.1) is 0 Å². The van der Waals surface area contributed by atoms with Gasteiger partial charge in [-0.1, -0.05) is 182 Å². The third kappa shape index (κ3) is 8.50. The van der Waals surface area contributed by atoms with Crippen molar-refractivity contribution in [2.24, 2.45) is 0 Å². The van der Waals surface area contributed by atoms with Gasteiger partial charge in [-0.05, 0) is 47.7 Å². The average molecular weight is 1050 g/mol. The molecule has 0 saturated heterocycles. The third-order valence-corrected chi connectivity index (χ3v) is 17.2. The van der Waals surface area contributed by atoms with Crippen LogP contribution in [-0.2, 0) is 25.4 Å². The molecule has 0 heterocycles. The summed E-state index contributed by atoms with van der Waals surface area (Å²) in [5.41, 5.74) is 8.34. The first-order chi connectivity index (χ1) is 29.2. The quantitative estimate of drug-likeness (QED) is 0.0885. The molecular formula is C56H42P2PtSe-. The molecule has 0 spiro atoms. The normalized spacial score (nSPS) is 15.2. The van der Waals surface area contributed by atoms with E-state index < -0.39 is 15.8 Å². The number of hydrogen-bond donors (Lipinski definition) is 0. The molecular weight excluding hydrogens is 1010 g/mol. The topological polar surface area (TPSA) is 0 Å². The first-order valence-electron chi connectivity index (χ1n) is 20.0. The first kappa shape index (κ1) is 41.8. The van der Waals surface area contributed by atoms with Gasteiger partial charge in [0.2, 0.25) is 0 Å². The van der Waals surface area contributed by atoms with Crippen LogP contribution >= 0.6 is 15.8 Å². The van der Waals surface area contributed by atoms with Gasteiger partial charge in [0.25, 0.3) is 0 Å². The van der Waals surface area contributed by atoms with E-state index in [1.54, 1.807) is 0 Å². The minimum Gasteiger partial charge on any atom is -0.0622 e. The van der Waals surface area contributed by atoms with Crippen LogP contribution in [-0.4, -0.2) is 16.0 Å². The maximum atomic E-state index is 3.52. The molecule has 0 unspecified atom stereocenters. The van der Waals surface area contributed by atoms with Crippen LogP contribution in [0.1, 0.15) is 39.3 Å². The molecule has 3 aliphatic carbocycles. The Bertz CT molecular complexity index is 2310. The predicted molar refractivity (Wildman–Crippen MR) is 255 cm³/mol. The molecule has 293 valence electrons. The smallest absolute Gasteiger partial charge is 0.0134 e. The zero-order valence-electron chi connectivity index (χ0n) is 32.9. The Morgan fingerprint density at radius 3 is 0.917 bits per heavy atom. The van der Waals surface area contributed by atoms with Gasteiger partial charge < -0.3 is 0 Å². The molecule has 0 aromatic heterocycles. The molecule has 0 atom stereocenters. The van der Waals surface area contributed by atoms with E-state index >= 15 is 0 Å². The fourth-order valence-electron chi connectivity index (χ4n) is 8.41. The van der Waals surface area contributed by atoms with E-state index in [1.165, 1.54) is 65.2 Å². The van der Waals surface area contributed by atoms with Gasteiger partial charge >= 0.3 is 132 Å². The summed E-state index contributed by atoms with van der Waals surface area (Å²) in [6.07, 6.45) is 0. The second kappa shape index (κ2) is 19.6. The second-order valence-electron chi connectivity index (χ2n) is 14.5. The molecule has 0 amide bonds. The fourth-order valence-corrected chi connectivity index (χ4v) is 14.2. The maximum Gasteiger partial charge on any atom is -0.0134 e. The molecule has 2 bridgehead atoms. The molecule has 0 saturated carbocycles. The molecule has 12 rings (SSSR count). The molecule has 0 nitrogen and oxygen atoms in total. The second-order valence-corrected chi connectivity index (χ2v) is 20.2. The Morgan fingerprint density at radius 2 is 0.600 bits per heavy atom. The molecule has 9 aromatic carbocycles. The van der Waals surface area contributed by atoms with Crippen LogP contribution in [0, 0.1) is 6.07 Å². The third-order valence-electron chi connectivity index (χ3n) is 10.9. The van der Waals surface area contributed by atoms with Gasteiger partial charge in [0, 0.05) is 21.1 Å². The number of rotatable bonds is 6. The average Bonchev–Trinajstić information content (AvgIpc) is 3.32. The molecule has 60 heavy (non-hydrogen) atoms. The van der Waals surface area contributed by atoms with E-state index in [0.717, 1.165) is 0 Å². The van der Waals surface area contributed by atoms with Crippen molar-refractivity contribution in [3.63, 3.8) is 0 Å².